The van der Waals surface area contributed by atoms with E-state index in [9.17, 15) is 22.8 Å². The van der Waals surface area contributed by atoms with Crippen LogP contribution in [0.25, 0.3) is 0 Å². The van der Waals surface area contributed by atoms with Crippen LogP contribution in [0.15, 0.2) is 24.3 Å². The molecule has 7 heteroatoms. The van der Waals surface area contributed by atoms with E-state index < -0.39 is 29.5 Å². The van der Waals surface area contributed by atoms with Crippen LogP contribution < -0.4 is 5.32 Å². The molecule has 1 fully saturated rings. The number of aliphatic carboxylic acids is 1. The van der Waals surface area contributed by atoms with Gasteiger partial charge in [-0.3, -0.25) is 9.59 Å². The third kappa shape index (κ3) is 3.74. The second-order valence-electron chi connectivity index (χ2n) is 5.09. The molecule has 0 heterocycles. The number of carboxylic acids is 1. The summed E-state index contributed by atoms with van der Waals surface area (Å²) >= 11 is 0. The van der Waals surface area contributed by atoms with Gasteiger partial charge < -0.3 is 10.4 Å². The maximum atomic E-state index is 12.4. The smallest absolute Gasteiger partial charge is 0.416 e. The highest BCUT2D eigenvalue weighted by molar-refractivity contribution is 5.94. The van der Waals surface area contributed by atoms with E-state index in [1.54, 1.807) is 0 Å². The highest BCUT2D eigenvalue weighted by Gasteiger charge is 2.32. The summed E-state index contributed by atoms with van der Waals surface area (Å²) in [6.45, 7) is 0. The molecule has 0 unspecified atom stereocenters. The zero-order chi connectivity index (χ0) is 15.6. The molecule has 1 aliphatic rings. The highest BCUT2D eigenvalue weighted by Crippen LogP contribution is 2.29. The van der Waals surface area contributed by atoms with Crippen LogP contribution in [0.1, 0.15) is 35.2 Å². The third-order valence-corrected chi connectivity index (χ3v) is 3.59. The van der Waals surface area contributed by atoms with Crippen LogP contribution in [0.5, 0.6) is 0 Å². The van der Waals surface area contributed by atoms with Crippen molar-refractivity contribution in [2.75, 3.05) is 0 Å². The number of carboxylic acid groups (broad SMARTS) is 1. The lowest BCUT2D eigenvalue weighted by Gasteiger charge is -2.13. The SMILES string of the molecule is O=C(N[C@@H]1CC[C@H](C(=O)O)C1)c1ccc(C(F)(F)F)cc1. The molecule has 0 aromatic heterocycles. The number of carbonyl (C=O) groups is 2. The van der Waals surface area contributed by atoms with Gasteiger partial charge in [0.25, 0.3) is 5.91 Å². The predicted molar refractivity (Wildman–Crippen MR) is 67.7 cm³/mol. The molecule has 0 aliphatic heterocycles. The average molecular weight is 301 g/mol. The van der Waals surface area contributed by atoms with Gasteiger partial charge in [0.2, 0.25) is 0 Å². The van der Waals surface area contributed by atoms with Gasteiger partial charge in [-0.15, -0.1) is 0 Å². The summed E-state index contributed by atoms with van der Waals surface area (Å²) < 4.78 is 37.2. The summed E-state index contributed by atoms with van der Waals surface area (Å²) in [4.78, 5) is 22.7. The first-order valence-corrected chi connectivity index (χ1v) is 6.48. The van der Waals surface area contributed by atoms with Gasteiger partial charge >= 0.3 is 12.1 Å². The number of alkyl halides is 3. The van der Waals surface area contributed by atoms with Crippen LogP contribution >= 0.6 is 0 Å². The Labute approximate surface area is 119 Å². The molecule has 2 N–H and O–H groups in total. The number of halogens is 3. The number of rotatable bonds is 3. The Balaban J connectivity index is 1.97. The average Bonchev–Trinajstić information content (AvgIpc) is 2.86. The van der Waals surface area contributed by atoms with Gasteiger partial charge in [0, 0.05) is 11.6 Å². The first-order valence-electron chi connectivity index (χ1n) is 6.48. The zero-order valence-electron chi connectivity index (χ0n) is 11.0. The molecule has 0 bridgehead atoms. The molecule has 114 valence electrons. The fourth-order valence-corrected chi connectivity index (χ4v) is 2.42. The molecule has 2 rings (SSSR count). The lowest BCUT2D eigenvalue weighted by Crippen LogP contribution is -2.33. The van der Waals surface area contributed by atoms with Gasteiger partial charge in [-0.2, -0.15) is 13.2 Å². The molecular formula is C14H14F3NO3. The van der Waals surface area contributed by atoms with Crippen LogP contribution in [-0.4, -0.2) is 23.0 Å². The van der Waals surface area contributed by atoms with Crippen LogP contribution in [0.4, 0.5) is 13.2 Å². The molecule has 2 atom stereocenters. The Morgan fingerprint density at radius 1 is 1.14 bits per heavy atom. The van der Waals surface area contributed by atoms with E-state index in [4.69, 9.17) is 5.11 Å². The summed E-state index contributed by atoms with van der Waals surface area (Å²) in [6, 6.07) is 3.68. The molecule has 0 radical (unpaired) electrons. The fourth-order valence-electron chi connectivity index (χ4n) is 2.42. The highest BCUT2D eigenvalue weighted by atomic mass is 19.4. The summed E-state index contributed by atoms with van der Waals surface area (Å²) in [7, 11) is 0. The normalized spacial score (nSPS) is 22.0. The minimum atomic E-state index is -4.44. The van der Waals surface area contributed by atoms with E-state index in [0.29, 0.717) is 19.3 Å². The van der Waals surface area contributed by atoms with Crippen LogP contribution in [0, 0.1) is 5.92 Å². The standard InChI is InChI=1S/C14H14F3NO3/c15-14(16,17)10-4-1-8(2-5-10)12(19)18-11-6-3-9(7-11)13(20)21/h1-2,4-5,9,11H,3,6-7H2,(H,18,19)(H,20,21)/t9-,11+/m0/s1. The van der Waals surface area contributed by atoms with Crippen molar-refractivity contribution < 1.29 is 27.9 Å². The molecule has 4 nitrogen and oxygen atoms in total. The second-order valence-corrected chi connectivity index (χ2v) is 5.09. The van der Waals surface area contributed by atoms with Crippen molar-refractivity contribution in [1.29, 1.82) is 0 Å². The van der Waals surface area contributed by atoms with Gasteiger partial charge in [0.15, 0.2) is 0 Å². The van der Waals surface area contributed by atoms with Crippen LogP contribution in [0.2, 0.25) is 0 Å². The molecule has 0 spiro atoms. The van der Waals surface area contributed by atoms with E-state index >= 15 is 0 Å². The third-order valence-electron chi connectivity index (χ3n) is 3.59. The number of hydrogen-bond donors (Lipinski definition) is 2. The van der Waals surface area contributed by atoms with Crippen molar-refractivity contribution in [1.82, 2.24) is 5.32 Å². The summed E-state index contributed by atoms with van der Waals surface area (Å²) in [5.41, 5.74) is -0.687. The predicted octanol–water partition coefficient (Wildman–Crippen LogP) is 2.69. The Bertz CT molecular complexity index is 539. The number of amides is 1. The summed E-state index contributed by atoms with van der Waals surface area (Å²) in [5, 5.41) is 11.5. The number of hydrogen-bond acceptors (Lipinski definition) is 2. The van der Waals surface area contributed by atoms with Crippen molar-refractivity contribution in [2.45, 2.75) is 31.5 Å². The van der Waals surface area contributed by atoms with Gasteiger partial charge in [-0.05, 0) is 43.5 Å². The first-order chi connectivity index (χ1) is 9.77. The topological polar surface area (TPSA) is 66.4 Å². The summed E-state index contributed by atoms with van der Waals surface area (Å²) in [6.07, 6.45) is -3.03. The Kier molecular flexibility index (Phi) is 4.20. The Morgan fingerprint density at radius 2 is 1.76 bits per heavy atom. The molecule has 0 saturated heterocycles. The van der Waals surface area contributed by atoms with Crippen molar-refractivity contribution in [3.05, 3.63) is 35.4 Å². The van der Waals surface area contributed by atoms with E-state index in [-0.39, 0.29) is 11.6 Å². The monoisotopic (exact) mass is 301 g/mol. The zero-order valence-corrected chi connectivity index (χ0v) is 11.0. The maximum absolute atomic E-state index is 12.4. The first kappa shape index (κ1) is 15.3. The van der Waals surface area contributed by atoms with E-state index in [0.717, 1.165) is 24.3 Å². The van der Waals surface area contributed by atoms with Crippen molar-refractivity contribution in [3.63, 3.8) is 0 Å². The maximum Gasteiger partial charge on any atom is 0.416 e. The van der Waals surface area contributed by atoms with Crippen LogP contribution in [-0.2, 0) is 11.0 Å². The lowest BCUT2D eigenvalue weighted by atomic mass is 10.1. The van der Waals surface area contributed by atoms with Crippen LogP contribution in [0.3, 0.4) is 0 Å². The summed E-state index contributed by atoms with van der Waals surface area (Å²) in [5.74, 6) is -1.84. The van der Waals surface area contributed by atoms with E-state index in [1.165, 1.54) is 0 Å². The van der Waals surface area contributed by atoms with Gasteiger partial charge in [0.1, 0.15) is 0 Å². The van der Waals surface area contributed by atoms with Crippen molar-refractivity contribution in [3.8, 4) is 0 Å². The fraction of sp³-hybridized carbons (Fsp3) is 0.429. The van der Waals surface area contributed by atoms with Crippen molar-refractivity contribution in [2.24, 2.45) is 5.92 Å². The van der Waals surface area contributed by atoms with E-state index in [2.05, 4.69) is 5.32 Å². The molecule has 1 aliphatic carbocycles. The lowest BCUT2D eigenvalue weighted by molar-refractivity contribution is -0.141. The quantitative estimate of drug-likeness (QED) is 0.902. The van der Waals surface area contributed by atoms with Gasteiger partial charge in [0.05, 0.1) is 11.5 Å². The molecule has 1 saturated carbocycles. The molecule has 1 amide bonds. The second kappa shape index (κ2) is 5.75. The van der Waals surface area contributed by atoms with Gasteiger partial charge in [-0.1, -0.05) is 0 Å². The molecule has 21 heavy (non-hydrogen) atoms. The van der Waals surface area contributed by atoms with Gasteiger partial charge in [-0.25, -0.2) is 0 Å². The number of nitrogens with one attached hydrogen (secondary N) is 1. The molecule has 1 aromatic rings. The number of benzene rings is 1. The Morgan fingerprint density at radius 3 is 2.24 bits per heavy atom. The van der Waals surface area contributed by atoms with Crippen molar-refractivity contribution >= 4 is 11.9 Å². The minimum Gasteiger partial charge on any atom is -0.481 e. The van der Waals surface area contributed by atoms with E-state index in [1.807, 2.05) is 0 Å². The largest absolute Gasteiger partial charge is 0.481 e. The number of carbonyl (C=O) groups excluding carboxylic acids is 1. The molecular weight excluding hydrogens is 287 g/mol. The minimum absolute atomic E-state index is 0.127. The molecule has 1 aromatic carbocycles. The Hall–Kier alpha value is -2.05.